The number of carbonyl (C=O) groups excluding carboxylic acids is 3. The first kappa shape index (κ1) is 35.8. The van der Waals surface area contributed by atoms with Gasteiger partial charge >= 0.3 is 24.4 Å². The molecule has 1 aromatic carbocycles. The molecule has 15 heteroatoms. The van der Waals surface area contributed by atoms with Crippen molar-refractivity contribution >= 4 is 59.1 Å². The van der Waals surface area contributed by atoms with Gasteiger partial charge in [0.05, 0.1) is 17.2 Å². The molecule has 7 N–H and O–H groups in total. The summed E-state index contributed by atoms with van der Waals surface area (Å²) in [6.45, 7) is 1.33. The molecule has 3 aliphatic rings. The minimum Gasteiger partial charge on any atom is -1.00 e. The van der Waals surface area contributed by atoms with Crippen LogP contribution in [0.3, 0.4) is 0 Å². The summed E-state index contributed by atoms with van der Waals surface area (Å²) in [4.78, 5) is 41.3. The third-order valence-electron chi connectivity index (χ3n) is 7.06. The van der Waals surface area contributed by atoms with E-state index in [9.17, 15) is 39.9 Å². The molecule has 2 radical (unpaired) electrons. The Kier molecular flexibility index (Phi) is 11.1. The standard InChI is InChI=1S/C22H23ClN2O8.3ClH.Sb/c1-21(32)7-6-8-15(25(2)3)17(28)13(20(24)31)19(30)22(8,33)18(29)11(7)16(27)12-10(26)5-4-9(23)14(12)21;;;;/h4-5,7-8,15,26-27,31-33H,6,24H2,1-3H3;3*1H;/q;;;;+3/p-3/b20-13+;;;;/t7-,8-,15-,21-,22-;;;;/m0..../s1. The van der Waals surface area contributed by atoms with Crippen LogP contribution in [-0.2, 0) is 20.0 Å². The number of hydrogen-bond donors (Lipinski definition) is 6. The van der Waals surface area contributed by atoms with E-state index in [0.717, 1.165) is 0 Å². The molecule has 37 heavy (non-hydrogen) atoms. The Morgan fingerprint density at radius 1 is 1.08 bits per heavy atom. The van der Waals surface area contributed by atoms with Crippen molar-refractivity contribution in [2.75, 3.05) is 14.1 Å². The third kappa shape index (κ3) is 4.63. The van der Waals surface area contributed by atoms with Crippen molar-refractivity contribution < 1.29 is 77.1 Å². The molecule has 0 aromatic heterocycles. The molecule has 2 fully saturated rings. The molecule has 0 saturated heterocycles. The van der Waals surface area contributed by atoms with Crippen molar-refractivity contribution in [1.29, 1.82) is 0 Å². The zero-order valence-electron chi connectivity index (χ0n) is 19.5. The predicted molar refractivity (Wildman–Crippen MR) is 121 cm³/mol. The number of phenols is 1. The van der Waals surface area contributed by atoms with Crippen LogP contribution in [0.25, 0.3) is 5.76 Å². The predicted octanol–water partition coefficient (Wildman–Crippen LogP) is -9.09. The Balaban J connectivity index is 0.00000324. The summed E-state index contributed by atoms with van der Waals surface area (Å²) in [5, 5.41) is 54.2. The number of Topliss-reactive ketones (excluding diaryl/α,β-unsaturated/α-hetero) is 3. The van der Waals surface area contributed by atoms with E-state index in [4.69, 9.17) is 17.3 Å². The quantitative estimate of drug-likeness (QED) is 0.0540. The van der Waals surface area contributed by atoms with Gasteiger partial charge in [-0.1, -0.05) is 11.6 Å². The number of nitrogens with two attached hydrogens (primary N) is 1. The maximum Gasteiger partial charge on any atom is 3.00 e. The van der Waals surface area contributed by atoms with E-state index in [1.165, 1.54) is 38.1 Å². The number of aliphatic hydroxyl groups is 4. The number of carbonyl (C=O) groups is 3. The monoisotopic (exact) mass is 704 g/mol. The van der Waals surface area contributed by atoms with E-state index in [1.54, 1.807) is 0 Å². The van der Waals surface area contributed by atoms with Gasteiger partial charge in [-0.25, -0.2) is 0 Å². The average molecular weight is 707 g/mol. The van der Waals surface area contributed by atoms with Gasteiger partial charge in [0.2, 0.25) is 11.6 Å². The van der Waals surface area contributed by atoms with Crippen LogP contribution in [0.4, 0.5) is 0 Å². The Bertz CT molecular complexity index is 1220. The number of fused-ring (bicyclic) bond motifs is 3. The number of aromatic hydroxyl groups is 1. The smallest absolute Gasteiger partial charge is 1.00 e. The van der Waals surface area contributed by atoms with Gasteiger partial charge in [0, 0.05) is 28.0 Å². The van der Waals surface area contributed by atoms with Gasteiger partial charge in [0.1, 0.15) is 17.1 Å². The van der Waals surface area contributed by atoms with E-state index in [1.807, 2.05) is 0 Å². The largest absolute Gasteiger partial charge is 3.00 e. The van der Waals surface area contributed by atoms with Crippen LogP contribution in [0.2, 0.25) is 5.02 Å². The third-order valence-corrected chi connectivity index (χ3v) is 7.37. The second-order valence-corrected chi connectivity index (χ2v) is 9.49. The molecule has 4 rings (SSSR count). The van der Waals surface area contributed by atoms with Crippen molar-refractivity contribution in [3.8, 4) is 5.75 Å². The van der Waals surface area contributed by atoms with Crippen LogP contribution < -0.4 is 43.0 Å². The molecular weight excluding hydrogens is 684 g/mol. The Morgan fingerprint density at radius 3 is 2.11 bits per heavy atom. The number of phenolic OH excluding ortho intramolecular Hbond substituents is 1. The molecule has 0 amide bonds. The zero-order chi connectivity index (χ0) is 24.8. The number of nitrogens with zero attached hydrogens (tertiary/aromatic N) is 1. The van der Waals surface area contributed by atoms with Gasteiger partial charge < -0.3 is 68.5 Å². The molecule has 0 heterocycles. The molecule has 0 aliphatic heterocycles. The fourth-order valence-electron chi connectivity index (χ4n) is 5.57. The summed E-state index contributed by atoms with van der Waals surface area (Å²) >= 11 is 6.27. The van der Waals surface area contributed by atoms with Gasteiger partial charge in [0.15, 0.2) is 17.3 Å². The number of ketones is 3. The summed E-state index contributed by atoms with van der Waals surface area (Å²) in [5.41, 5.74) is -1.15. The summed E-state index contributed by atoms with van der Waals surface area (Å²) in [6, 6.07) is 1.23. The van der Waals surface area contributed by atoms with Crippen LogP contribution >= 0.6 is 11.6 Å². The molecule has 10 nitrogen and oxygen atoms in total. The van der Waals surface area contributed by atoms with E-state index in [2.05, 4.69) is 0 Å². The Morgan fingerprint density at radius 2 is 1.62 bits per heavy atom. The van der Waals surface area contributed by atoms with Gasteiger partial charge in [-0.15, -0.1) is 0 Å². The van der Waals surface area contributed by atoms with Crippen LogP contribution in [0.15, 0.2) is 29.2 Å². The van der Waals surface area contributed by atoms with E-state index in [-0.39, 0.29) is 84.2 Å². The summed E-state index contributed by atoms with van der Waals surface area (Å²) in [5.74, 6) is -8.40. The van der Waals surface area contributed by atoms with Crippen molar-refractivity contribution in [2.45, 2.75) is 30.6 Å². The summed E-state index contributed by atoms with van der Waals surface area (Å²) in [6.07, 6.45) is -0.279. The minimum absolute atomic E-state index is 0. The maximum absolute atomic E-state index is 13.7. The number of benzene rings is 1. The first-order valence-electron chi connectivity index (χ1n) is 10.1. The molecule has 202 valence electrons. The SMILES string of the molecule is CN(C)[C@@H]1C(=O)/C(=C(/N)O)C(=O)[C@@]2(O)C(=O)C3=C(O)c4c(O)ccc(Cl)c4[C@@](C)(O)[C@H]3C[C@@H]12.[Cl-].[Cl-].[Cl-].[Sb+3]. The molecule has 0 unspecified atom stereocenters. The van der Waals surface area contributed by atoms with Crippen molar-refractivity contribution in [1.82, 2.24) is 4.90 Å². The minimum atomic E-state index is -2.85. The molecule has 1 aromatic rings. The number of hydrogen-bond acceptors (Lipinski definition) is 10. The Labute approximate surface area is 253 Å². The first-order valence-corrected chi connectivity index (χ1v) is 10.5. The Hall–Kier alpha value is -1.23. The second-order valence-electron chi connectivity index (χ2n) is 9.08. The number of rotatable bonds is 1. The second kappa shape index (κ2) is 11.5. The van der Waals surface area contributed by atoms with E-state index < -0.39 is 75.0 Å². The van der Waals surface area contributed by atoms with E-state index >= 15 is 0 Å². The normalized spacial score (nSPS) is 31.5. The zero-order valence-corrected chi connectivity index (χ0v) is 25.1. The molecule has 0 spiro atoms. The van der Waals surface area contributed by atoms with Crippen LogP contribution in [-0.4, -0.2) is 97.9 Å². The van der Waals surface area contributed by atoms with Crippen LogP contribution in [0, 0.1) is 11.8 Å². The molecular formula is C22H23Cl4N2O8Sb. The van der Waals surface area contributed by atoms with Gasteiger partial charge in [-0.2, -0.15) is 0 Å². The van der Waals surface area contributed by atoms with Gasteiger partial charge in [0.25, 0.3) is 0 Å². The fourth-order valence-corrected chi connectivity index (χ4v) is 5.91. The first-order chi connectivity index (χ1) is 15.2. The van der Waals surface area contributed by atoms with Crippen molar-refractivity contribution in [3.63, 3.8) is 0 Å². The number of likely N-dealkylation sites (N-methyl/N-ethyl adjacent to an activating group) is 1. The van der Waals surface area contributed by atoms with Crippen molar-refractivity contribution in [2.24, 2.45) is 17.6 Å². The summed E-state index contributed by atoms with van der Waals surface area (Å²) < 4.78 is 0. The number of halogens is 4. The summed E-state index contributed by atoms with van der Waals surface area (Å²) in [7, 11) is 2.97. The molecule has 3 aliphatic carbocycles. The van der Waals surface area contributed by atoms with Crippen LogP contribution in [0.1, 0.15) is 24.5 Å². The molecule has 5 atom stereocenters. The fraction of sp³-hybridized carbons (Fsp3) is 0.409. The number of aliphatic hydroxyl groups excluding tert-OH is 2. The van der Waals surface area contributed by atoms with E-state index in [0.29, 0.717) is 0 Å². The molecule has 2 saturated carbocycles. The van der Waals surface area contributed by atoms with Crippen molar-refractivity contribution in [3.05, 3.63) is 45.3 Å². The van der Waals surface area contributed by atoms with Gasteiger partial charge in [-0.3, -0.25) is 19.3 Å². The van der Waals surface area contributed by atoms with Gasteiger partial charge in [-0.05, 0) is 39.6 Å². The molecule has 0 bridgehead atoms. The average Bonchev–Trinajstić information content (AvgIpc) is 2.69. The van der Waals surface area contributed by atoms with Crippen LogP contribution in [0.5, 0.6) is 5.75 Å². The maximum atomic E-state index is 13.7. The topological polar surface area (TPSA) is 182 Å².